The van der Waals surface area contributed by atoms with Crippen molar-refractivity contribution in [3.05, 3.63) is 106 Å². The second-order valence-corrected chi connectivity index (χ2v) is 7.33. The maximum Gasteiger partial charge on any atom is 0.264 e. The van der Waals surface area contributed by atoms with E-state index in [0.29, 0.717) is 16.9 Å². The van der Waals surface area contributed by atoms with Crippen molar-refractivity contribution in [1.29, 1.82) is 5.26 Å². The predicted octanol–water partition coefficient (Wildman–Crippen LogP) is 3.58. The van der Waals surface area contributed by atoms with Crippen molar-refractivity contribution < 1.29 is 18.7 Å². The number of nitrogens with one attached hydrogen (secondary N) is 2. The van der Waals surface area contributed by atoms with Crippen molar-refractivity contribution >= 4 is 23.3 Å². The largest absolute Gasteiger partial charge is 0.497 e. The van der Waals surface area contributed by atoms with Crippen LogP contribution in [0.3, 0.4) is 0 Å². The summed E-state index contributed by atoms with van der Waals surface area (Å²) in [5, 5.41) is 15.2. The van der Waals surface area contributed by atoms with Gasteiger partial charge in [-0.2, -0.15) is 5.26 Å². The molecule has 34 heavy (non-hydrogen) atoms. The zero-order valence-electron chi connectivity index (χ0n) is 18.1. The number of methoxy groups -OCH3 is 1. The van der Waals surface area contributed by atoms with E-state index >= 15 is 0 Å². The lowest BCUT2D eigenvalue weighted by Crippen LogP contribution is -2.30. The van der Waals surface area contributed by atoms with Crippen LogP contribution in [0.1, 0.15) is 27.0 Å². The van der Waals surface area contributed by atoms with Gasteiger partial charge in [-0.1, -0.05) is 36.4 Å². The number of ether oxygens (including phenoxy) is 1. The quantitative estimate of drug-likeness (QED) is 0.454. The fourth-order valence-corrected chi connectivity index (χ4v) is 3.42. The van der Waals surface area contributed by atoms with E-state index in [1.807, 2.05) is 18.2 Å². The molecule has 0 atom stereocenters. The summed E-state index contributed by atoms with van der Waals surface area (Å²) >= 11 is 0. The van der Waals surface area contributed by atoms with Gasteiger partial charge in [-0.15, -0.1) is 0 Å². The van der Waals surface area contributed by atoms with Crippen LogP contribution in [0.2, 0.25) is 0 Å². The number of nitrogens with zero attached hydrogens (tertiary/aromatic N) is 2. The van der Waals surface area contributed by atoms with Crippen molar-refractivity contribution in [3.8, 4) is 11.8 Å². The van der Waals surface area contributed by atoms with Gasteiger partial charge in [0.2, 0.25) is 0 Å². The molecule has 1 aliphatic heterocycles. The smallest absolute Gasteiger partial charge is 0.264 e. The third-order valence-corrected chi connectivity index (χ3v) is 5.19. The Bertz CT molecular complexity index is 1350. The van der Waals surface area contributed by atoms with Crippen LogP contribution in [0.4, 0.5) is 4.39 Å². The summed E-state index contributed by atoms with van der Waals surface area (Å²) < 4.78 is 18.3. The monoisotopic (exact) mass is 454 g/mol. The molecule has 0 fully saturated rings. The molecule has 1 heterocycles. The van der Waals surface area contributed by atoms with Crippen LogP contribution in [-0.2, 0) is 11.3 Å². The van der Waals surface area contributed by atoms with Gasteiger partial charge >= 0.3 is 0 Å². The summed E-state index contributed by atoms with van der Waals surface area (Å²) in [6, 6.07) is 21.2. The molecule has 168 valence electrons. The minimum absolute atomic E-state index is 0.166. The van der Waals surface area contributed by atoms with Gasteiger partial charge in [0.1, 0.15) is 29.0 Å². The number of halogens is 1. The zero-order valence-corrected chi connectivity index (χ0v) is 18.1. The number of carbonyl (C=O) groups excluding carboxylic acids is 2. The number of nitriles is 1. The van der Waals surface area contributed by atoms with Crippen LogP contribution in [0.25, 0.3) is 5.70 Å². The molecule has 1 aliphatic rings. The Morgan fingerprint density at radius 3 is 2.32 bits per heavy atom. The van der Waals surface area contributed by atoms with E-state index in [4.69, 9.17) is 4.74 Å². The molecule has 3 aromatic carbocycles. The summed E-state index contributed by atoms with van der Waals surface area (Å²) in [5.74, 6) is -0.627. The number of amides is 2. The van der Waals surface area contributed by atoms with E-state index in [1.165, 1.54) is 24.3 Å². The van der Waals surface area contributed by atoms with E-state index in [0.717, 1.165) is 5.56 Å². The van der Waals surface area contributed by atoms with Crippen LogP contribution in [0.15, 0.2) is 83.4 Å². The first-order chi connectivity index (χ1) is 16.5. The SMILES string of the molecule is COc1ccc(CNC(=O)C(C#N)=C2N=C(NC(=O)c3ccc(F)cc3)c3ccccc32)cc1. The Labute approximate surface area is 195 Å². The lowest BCUT2D eigenvalue weighted by atomic mass is 10.0. The third-order valence-electron chi connectivity index (χ3n) is 5.19. The molecule has 0 spiro atoms. The molecule has 8 heteroatoms. The van der Waals surface area contributed by atoms with E-state index in [-0.39, 0.29) is 29.2 Å². The average molecular weight is 454 g/mol. The molecule has 7 nitrogen and oxygen atoms in total. The summed E-state index contributed by atoms with van der Waals surface area (Å²) in [4.78, 5) is 29.9. The number of amidine groups is 1. The van der Waals surface area contributed by atoms with Crippen molar-refractivity contribution in [2.45, 2.75) is 6.54 Å². The maximum atomic E-state index is 13.2. The number of fused-ring (bicyclic) bond motifs is 1. The highest BCUT2D eigenvalue weighted by molar-refractivity contribution is 6.20. The molecule has 3 aromatic rings. The normalized spacial score (nSPS) is 13.3. The number of rotatable bonds is 5. The number of benzene rings is 3. The highest BCUT2D eigenvalue weighted by Crippen LogP contribution is 2.30. The molecule has 0 bridgehead atoms. The topological polar surface area (TPSA) is 104 Å². The van der Waals surface area contributed by atoms with Crippen LogP contribution in [0.5, 0.6) is 5.75 Å². The van der Waals surface area contributed by atoms with Gasteiger partial charge in [-0.3, -0.25) is 9.59 Å². The molecule has 0 unspecified atom stereocenters. The number of hydrogen-bond donors (Lipinski definition) is 2. The molecule has 2 N–H and O–H groups in total. The predicted molar refractivity (Wildman–Crippen MR) is 124 cm³/mol. The molecule has 4 rings (SSSR count). The van der Waals surface area contributed by atoms with E-state index in [1.54, 1.807) is 43.5 Å². The minimum atomic E-state index is -0.585. The highest BCUT2D eigenvalue weighted by atomic mass is 19.1. The fourth-order valence-electron chi connectivity index (χ4n) is 3.42. The molecule has 0 saturated heterocycles. The first-order valence-corrected chi connectivity index (χ1v) is 10.3. The summed E-state index contributed by atoms with van der Waals surface area (Å²) in [6.07, 6.45) is 0. The van der Waals surface area contributed by atoms with Crippen molar-refractivity contribution in [2.75, 3.05) is 7.11 Å². The van der Waals surface area contributed by atoms with Gasteiger partial charge < -0.3 is 15.4 Å². The third kappa shape index (κ3) is 4.69. The Morgan fingerprint density at radius 2 is 1.68 bits per heavy atom. The standard InChI is InChI=1S/C26H19FN4O3/c1-34-19-12-6-16(7-13-19)15-29-26(33)22(14-28)23-20-4-2-3-5-21(20)24(30-23)31-25(32)17-8-10-18(27)11-9-17/h2-13H,15H2,1H3,(H,29,33)(H,30,31,32). The molecule has 2 amide bonds. The molecule has 0 radical (unpaired) electrons. The van der Waals surface area contributed by atoms with E-state index < -0.39 is 17.6 Å². The van der Waals surface area contributed by atoms with E-state index in [2.05, 4.69) is 15.6 Å². The number of aliphatic imine (C=N–C) groups is 1. The summed E-state index contributed by atoms with van der Waals surface area (Å²) in [6.45, 7) is 0.209. The number of carbonyl (C=O) groups is 2. The van der Waals surface area contributed by atoms with Crippen molar-refractivity contribution in [1.82, 2.24) is 10.6 Å². The van der Waals surface area contributed by atoms with Gasteiger partial charge in [0.05, 0.1) is 12.8 Å². The van der Waals surface area contributed by atoms with Crippen LogP contribution in [0, 0.1) is 17.1 Å². The Kier molecular flexibility index (Phi) is 6.46. The van der Waals surface area contributed by atoms with Crippen molar-refractivity contribution in [2.24, 2.45) is 4.99 Å². The number of hydrogen-bond acceptors (Lipinski definition) is 5. The second kappa shape index (κ2) is 9.79. The zero-order chi connectivity index (χ0) is 24.1. The molecular weight excluding hydrogens is 435 g/mol. The average Bonchev–Trinajstić information content (AvgIpc) is 3.22. The van der Waals surface area contributed by atoms with Gasteiger partial charge in [0.15, 0.2) is 0 Å². The van der Waals surface area contributed by atoms with Gasteiger partial charge in [-0.05, 0) is 42.0 Å². The Balaban J connectivity index is 1.59. The van der Waals surface area contributed by atoms with Crippen LogP contribution in [-0.4, -0.2) is 24.8 Å². The molecule has 0 aliphatic carbocycles. The fraction of sp³-hybridized carbons (Fsp3) is 0.0769. The Hall–Kier alpha value is -4.77. The summed E-state index contributed by atoms with van der Waals surface area (Å²) in [5.41, 5.74) is 2.19. The van der Waals surface area contributed by atoms with Crippen molar-refractivity contribution in [3.63, 3.8) is 0 Å². The summed E-state index contributed by atoms with van der Waals surface area (Å²) in [7, 11) is 1.57. The lowest BCUT2D eigenvalue weighted by molar-refractivity contribution is -0.117. The van der Waals surface area contributed by atoms with Gasteiger partial charge in [0.25, 0.3) is 11.8 Å². The first-order valence-electron chi connectivity index (χ1n) is 10.3. The second-order valence-electron chi connectivity index (χ2n) is 7.33. The van der Waals surface area contributed by atoms with E-state index in [9.17, 15) is 19.2 Å². The first kappa shape index (κ1) is 22.4. The highest BCUT2D eigenvalue weighted by Gasteiger charge is 2.27. The lowest BCUT2D eigenvalue weighted by Gasteiger charge is -2.07. The molecule has 0 aromatic heterocycles. The maximum absolute atomic E-state index is 13.2. The van der Waals surface area contributed by atoms with Crippen LogP contribution >= 0.6 is 0 Å². The van der Waals surface area contributed by atoms with Gasteiger partial charge in [-0.25, -0.2) is 9.38 Å². The minimum Gasteiger partial charge on any atom is -0.497 e. The Morgan fingerprint density at radius 1 is 1.00 bits per heavy atom. The molecule has 0 saturated carbocycles. The van der Waals surface area contributed by atoms with Crippen LogP contribution < -0.4 is 15.4 Å². The molecular formula is C26H19FN4O3. The van der Waals surface area contributed by atoms with Gasteiger partial charge in [0, 0.05) is 23.2 Å².